The molecule has 1 aliphatic heterocycles. The van der Waals surface area contributed by atoms with Gasteiger partial charge in [0.2, 0.25) is 0 Å². The molecule has 2 rings (SSSR count). The van der Waals surface area contributed by atoms with Crippen LogP contribution in [0.15, 0.2) is 18.5 Å². The van der Waals surface area contributed by atoms with Crippen molar-refractivity contribution >= 4 is 11.8 Å². The van der Waals surface area contributed by atoms with Crippen LogP contribution >= 0.6 is 0 Å². The summed E-state index contributed by atoms with van der Waals surface area (Å²) < 4.78 is 44.0. The van der Waals surface area contributed by atoms with E-state index in [2.05, 4.69) is 4.98 Å². The number of hydrogen-bond donors (Lipinski definition) is 0. The number of carbonyl (C=O) groups excluding carboxylic acids is 1. The average molecular weight is 345 g/mol. The van der Waals surface area contributed by atoms with Crippen molar-refractivity contribution < 1.29 is 22.7 Å². The summed E-state index contributed by atoms with van der Waals surface area (Å²) in [5.41, 5.74) is -1.08. The van der Waals surface area contributed by atoms with E-state index in [0.29, 0.717) is 18.7 Å². The third-order valence-corrected chi connectivity index (χ3v) is 3.73. The molecule has 0 bridgehead atoms. The zero-order chi connectivity index (χ0) is 18.1. The summed E-state index contributed by atoms with van der Waals surface area (Å²) in [5.74, 6) is 0. The summed E-state index contributed by atoms with van der Waals surface area (Å²) in [6.07, 6.45) is -1.69. The van der Waals surface area contributed by atoms with E-state index in [1.165, 1.54) is 11.1 Å². The minimum absolute atomic E-state index is 0.350. The van der Waals surface area contributed by atoms with E-state index in [1.54, 1.807) is 32.7 Å². The molecule has 1 saturated heterocycles. The highest BCUT2D eigenvalue weighted by molar-refractivity contribution is 5.69. The summed E-state index contributed by atoms with van der Waals surface area (Å²) in [4.78, 5) is 19.1. The number of hydrogen-bond acceptors (Lipinski definition) is 4. The standard InChI is InChI=1S/C16H22F3N3O2/c1-15(2,3)24-14(23)21(4)13-6-5-7-22(13)12-8-11(9-20-10-12)16(17,18)19/h8-10,13H,5-7H2,1-4H3. The highest BCUT2D eigenvalue weighted by Gasteiger charge is 2.35. The van der Waals surface area contributed by atoms with Gasteiger partial charge in [0, 0.05) is 19.8 Å². The van der Waals surface area contributed by atoms with Crippen LogP contribution < -0.4 is 4.90 Å². The van der Waals surface area contributed by atoms with Gasteiger partial charge >= 0.3 is 12.3 Å². The van der Waals surface area contributed by atoms with Gasteiger partial charge in [0.05, 0.1) is 17.4 Å². The number of carbonyl (C=O) groups is 1. The smallest absolute Gasteiger partial charge is 0.417 e. The van der Waals surface area contributed by atoms with Crippen LogP contribution in [0, 0.1) is 0 Å². The summed E-state index contributed by atoms with van der Waals surface area (Å²) in [6.45, 7) is 5.85. The van der Waals surface area contributed by atoms with Gasteiger partial charge in [0.25, 0.3) is 0 Å². The Balaban J connectivity index is 2.20. The fourth-order valence-corrected chi connectivity index (χ4v) is 2.65. The number of alkyl halides is 3. The predicted octanol–water partition coefficient (Wildman–Crippen LogP) is 3.89. The second-order valence-corrected chi connectivity index (χ2v) is 6.84. The maximum absolute atomic E-state index is 12.9. The van der Waals surface area contributed by atoms with Crippen molar-refractivity contribution in [1.29, 1.82) is 0 Å². The van der Waals surface area contributed by atoms with Crippen molar-refractivity contribution in [2.45, 2.75) is 51.6 Å². The molecule has 8 heteroatoms. The van der Waals surface area contributed by atoms with Crippen LogP contribution in [0.5, 0.6) is 0 Å². The van der Waals surface area contributed by atoms with Gasteiger partial charge in [0.1, 0.15) is 11.8 Å². The zero-order valence-electron chi connectivity index (χ0n) is 14.2. The van der Waals surface area contributed by atoms with Crippen molar-refractivity contribution in [3.05, 3.63) is 24.0 Å². The second kappa shape index (κ2) is 6.49. The van der Waals surface area contributed by atoms with E-state index < -0.39 is 23.4 Å². The van der Waals surface area contributed by atoms with Gasteiger partial charge in [0.15, 0.2) is 0 Å². The molecule has 2 heterocycles. The predicted molar refractivity (Wildman–Crippen MR) is 83.6 cm³/mol. The van der Waals surface area contributed by atoms with Gasteiger partial charge in [-0.1, -0.05) is 0 Å². The molecule has 24 heavy (non-hydrogen) atoms. The molecule has 0 aromatic carbocycles. The van der Waals surface area contributed by atoms with Gasteiger partial charge in [-0.25, -0.2) is 4.79 Å². The lowest BCUT2D eigenvalue weighted by molar-refractivity contribution is -0.137. The normalized spacial score (nSPS) is 18.6. The topological polar surface area (TPSA) is 45.7 Å². The van der Waals surface area contributed by atoms with E-state index in [9.17, 15) is 18.0 Å². The first-order chi connectivity index (χ1) is 11.0. The van der Waals surface area contributed by atoms with Crippen LogP contribution in [0.3, 0.4) is 0 Å². The minimum Gasteiger partial charge on any atom is -0.444 e. The maximum Gasteiger partial charge on any atom is 0.417 e. The lowest BCUT2D eigenvalue weighted by Gasteiger charge is -2.35. The van der Waals surface area contributed by atoms with E-state index >= 15 is 0 Å². The molecule has 1 aliphatic rings. The summed E-state index contributed by atoms with van der Waals surface area (Å²) in [5, 5.41) is 0. The number of anilines is 1. The summed E-state index contributed by atoms with van der Waals surface area (Å²) in [6, 6.07) is 1.06. The SMILES string of the molecule is CN(C(=O)OC(C)(C)C)C1CCCN1c1cncc(C(F)(F)F)c1. The number of aromatic nitrogens is 1. The first kappa shape index (κ1) is 18.4. The Hall–Kier alpha value is -1.99. The first-order valence-corrected chi connectivity index (χ1v) is 7.74. The van der Waals surface area contributed by atoms with E-state index in [0.717, 1.165) is 18.7 Å². The molecule has 5 nitrogen and oxygen atoms in total. The molecule has 0 aliphatic carbocycles. The Morgan fingerprint density at radius 3 is 2.58 bits per heavy atom. The molecular weight excluding hydrogens is 323 g/mol. The summed E-state index contributed by atoms with van der Waals surface area (Å²) >= 11 is 0. The quantitative estimate of drug-likeness (QED) is 0.816. The molecule has 0 N–H and O–H groups in total. The van der Waals surface area contributed by atoms with Gasteiger partial charge in [-0.05, 0) is 39.7 Å². The maximum atomic E-state index is 12.9. The molecule has 1 aromatic heterocycles. The Kier molecular flexibility index (Phi) is 4.96. The van der Waals surface area contributed by atoms with Crippen LogP contribution in [0.4, 0.5) is 23.7 Å². The molecule has 0 radical (unpaired) electrons. The molecule has 0 spiro atoms. The van der Waals surface area contributed by atoms with Crippen molar-refractivity contribution in [2.24, 2.45) is 0 Å². The minimum atomic E-state index is -4.45. The van der Waals surface area contributed by atoms with Crippen LogP contribution in [0.1, 0.15) is 39.2 Å². The molecule has 0 saturated carbocycles. The van der Waals surface area contributed by atoms with Gasteiger partial charge in [-0.15, -0.1) is 0 Å². The number of rotatable bonds is 2. The lowest BCUT2D eigenvalue weighted by atomic mass is 10.2. The molecule has 1 aromatic rings. The van der Waals surface area contributed by atoms with E-state index in [1.807, 2.05) is 0 Å². The molecule has 134 valence electrons. The van der Waals surface area contributed by atoms with E-state index in [4.69, 9.17) is 4.74 Å². The summed E-state index contributed by atoms with van der Waals surface area (Å²) in [7, 11) is 1.60. The fourth-order valence-electron chi connectivity index (χ4n) is 2.65. The van der Waals surface area contributed by atoms with Crippen molar-refractivity contribution in [2.75, 3.05) is 18.5 Å². The van der Waals surface area contributed by atoms with Crippen LogP contribution in [0.2, 0.25) is 0 Å². The van der Waals surface area contributed by atoms with Crippen molar-refractivity contribution in [3.63, 3.8) is 0 Å². The lowest BCUT2D eigenvalue weighted by Crippen LogP contribution is -2.47. The number of nitrogens with zero attached hydrogens (tertiary/aromatic N) is 3. The molecule has 1 unspecified atom stereocenters. The largest absolute Gasteiger partial charge is 0.444 e. The average Bonchev–Trinajstić information content (AvgIpc) is 2.93. The van der Waals surface area contributed by atoms with Crippen LogP contribution in [-0.4, -0.2) is 41.3 Å². The van der Waals surface area contributed by atoms with Crippen molar-refractivity contribution in [1.82, 2.24) is 9.88 Å². The molecule has 1 atom stereocenters. The number of amides is 1. The molecule has 1 amide bonds. The monoisotopic (exact) mass is 345 g/mol. The second-order valence-electron chi connectivity index (χ2n) is 6.84. The molecule has 1 fully saturated rings. The van der Waals surface area contributed by atoms with Crippen LogP contribution in [0.25, 0.3) is 0 Å². The number of halogens is 3. The fraction of sp³-hybridized carbons (Fsp3) is 0.625. The van der Waals surface area contributed by atoms with Crippen LogP contribution in [-0.2, 0) is 10.9 Å². The third-order valence-electron chi connectivity index (χ3n) is 3.73. The van der Waals surface area contributed by atoms with Crippen molar-refractivity contribution in [3.8, 4) is 0 Å². The Morgan fingerprint density at radius 2 is 2.00 bits per heavy atom. The Bertz CT molecular complexity index is 599. The van der Waals surface area contributed by atoms with E-state index in [-0.39, 0.29) is 6.17 Å². The Morgan fingerprint density at radius 1 is 1.33 bits per heavy atom. The number of pyridine rings is 1. The highest BCUT2D eigenvalue weighted by Crippen LogP contribution is 2.33. The number of ether oxygens (including phenoxy) is 1. The van der Waals surface area contributed by atoms with Gasteiger partial charge < -0.3 is 9.64 Å². The zero-order valence-corrected chi connectivity index (χ0v) is 14.2. The highest BCUT2D eigenvalue weighted by atomic mass is 19.4. The molecular formula is C16H22F3N3O2. The Labute approximate surface area is 139 Å². The first-order valence-electron chi connectivity index (χ1n) is 7.74. The van der Waals surface area contributed by atoms with Gasteiger partial charge in [-0.3, -0.25) is 9.88 Å². The van der Waals surface area contributed by atoms with Gasteiger partial charge in [-0.2, -0.15) is 13.2 Å². The third kappa shape index (κ3) is 4.30.